The molecule has 1 rings (SSSR count). The summed E-state index contributed by atoms with van der Waals surface area (Å²) >= 11 is 0. The minimum Gasteiger partial charge on any atom is -0.491 e. The molecule has 0 radical (unpaired) electrons. The molecule has 0 spiro atoms. The van der Waals surface area contributed by atoms with Crippen molar-refractivity contribution in [3.8, 4) is 11.8 Å². The number of aliphatic hydroxyl groups excluding tert-OH is 1. The Hall–Kier alpha value is -1.53. The van der Waals surface area contributed by atoms with E-state index >= 15 is 0 Å². The summed E-state index contributed by atoms with van der Waals surface area (Å²) in [5.74, 6) is 0.708. The third-order valence-electron chi connectivity index (χ3n) is 1.51. The molecule has 0 aliphatic carbocycles. The summed E-state index contributed by atoms with van der Waals surface area (Å²) in [6, 6.07) is 11.1. The Balaban J connectivity index is 2.32. The van der Waals surface area contributed by atoms with Gasteiger partial charge in [0.05, 0.1) is 12.5 Å². The van der Waals surface area contributed by atoms with Crippen LogP contribution < -0.4 is 4.74 Å². The van der Waals surface area contributed by atoms with Crippen molar-refractivity contribution in [2.45, 2.75) is 12.5 Å². The summed E-state index contributed by atoms with van der Waals surface area (Å²) in [6.07, 6.45) is -0.600. The average molecular weight is 177 g/mol. The summed E-state index contributed by atoms with van der Waals surface area (Å²) in [7, 11) is 0. The number of hydrogen-bond donors (Lipinski definition) is 1. The fourth-order valence-electron chi connectivity index (χ4n) is 0.873. The number of nitrogens with zero attached hydrogens (tertiary/aromatic N) is 1. The molecule has 0 amide bonds. The van der Waals surface area contributed by atoms with Gasteiger partial charge in [-0.15, -0.1) is 0 Å². The van der Waals surface area contributed by atoms with E-state index in [0.29, 0.717) is 5.75 Å². The summed E-state index contributed by atoms with van der Waals surface area (Å²) < 4.78 is 5.22. The van der Waals surface area contributed by atoms with Crippen LogP contribution in [0.1, 0.15) is 6.42 Å². The fraction of sp³-hybridized carbons (Fsp3) is 0.300. The SMILES string of the molecule is N#CC[C@H](O)COc1ccccc1. The second-order valence-electron chi connectivity index (χ2n) is 2.64. The van der Waals surface area contributed by atoms with E-state index in [0.717, 1.165) is 0 Å². The van der Waals surface area contributed by atoms with Gasteiger partial charge in [0, 0.05) is 0 Å². The molecule has 0 saturated heterocycles. The first-order valence-electron chi connectivity index (χ1n) is 4.06. The maximum atomic E-state index is 9.16. The number of benzene rings is 1. The molecule has 0 saturated carbocycles. The molecule has 1 aromatic carbocycles. The van der Waals surface area contributed by atoms with E-state index in [-0.39, 0.29) is 13.0 Å². The zero-order valence-electron chi connectivity index (χ0n) is 7.18. The second kappa shape index (κ2) is 5.18. The van der Waals surface area contributed by atoms with Gasteiger partial charge in [0.25, 0.3) is 0 Å². The molecule has 0 bridgehead atoms. The lowest BCUT2D eigenvalue weighted by molar-refractivity contribution is 0.111. The van der Waals surface area contributed by atoms with E-state index in [1.54, 1.807) is 12.1 Å². The van der Waals surface area contributed by atoms with Crippen LogP contribution in [-0.2, 0) is 0 Å². The van der Waals surface area contributed by atoms with Gasteiger partial charge in [-0.2, -0.15) is 5.26 Å². The van der Waals surface area contributed by atoms with Gasteiger partial charge in [-0.05, 0) is 12.1 Å². The summed E-state index contributed by atoms with van der Waals surface area (Å²) in [4.78, 5) is 0. The normalized spacial score (nSPS) is 11.7. The van der Waals surface area contributed by atoms with Crippen LogP contribution in [0.25, 0.3) is 0 Å². The molecular formula is C10H11NO2. The number of hydrogen-bond acceptors (Lipinski definition) is 3. The smallest absolute Gasteiger partial charge is 0.119 e. The van der Waals surface area contributed by atoms with E-state index in [9.17, 15) is 0 Å². The first-order chi connectivity index (χ1) is 6.33. The lowest BCUT2D eigenvalue weighted by Crippen LogP contribution is -2.16. The Morgan fingerprint density at radius 2 is 2.08 bits per heavy atom. The minimum atomic E-state index is -0.704. The Bertz CT molecular complexity index is 279. The van der Waals surface area contributed by atoms with E-state index in [2.05, 4.69) is 0 Å². The van der Waals surface area contributed by atoms with Gasteiger partial charge < -0.3 is 9.84 Å². The molecule has 1 atom stereocenters. The van der Waals surface area contributed by atoms with Gasteiger partial charge in [0.2, 0.25) is 0 Å². The first kappa shape index (κ1) is 9.56. The van der Waals surface area contributed by atoms with Crippen LogP contribution in [-0.4, -0.2) is 17.8 Å². The molecule has 0 unspecified atom stereocenters. The van der Waals surface area contributed by atoms with Crippen LogP contribution >= 0.6 is 0 Å². The Labute approximate surface area is 77.2 Å². The predicted octanol–water partition coefficient (Wildman–Crippen LogP) is 1.34. The molecule has 1 N–H and O–H groups in total. The van der Waals surface area contributed by atoms with E-state index in [1.807, 2.05) is 24.3 Å². The van der Waals surface area contributed by atoms with Gasteiger partial charge in [-0.1, -0.05) is 18.2 Å². The lowest BCUT2D eigenvalue weighted by Gasteiger charge is -2.08. The van der Waals surface area contributed by atoms with Gasteiger partial charge in [-0.25, -0.2) is 0 Å². The van der Waals surface area contributed by atoms with Crippen LogP contribution in [0.5, 0.6) is 5.75 Å². The summed E-state index contributed by atoms with van der Waals surface area (Å²) in [5, 5.41) is 17.4. The van der Waals surface area contributed by atoms with E-state index in [4.69, 9.17) is 15.1 Å². The van der Waals surface area contributed by atoms with Crippen LogP contribution in [0.15, 0.2) is 30.3 Å². The second-order valence-corrected chi connectivity index (χ2v) is 2.64. The fourth-order valence-corrected chi connectivity index (χ4v) is 0.873. The van der Waals surface area contributed by atoms with Gasteiger partial charge >= 0.3 is 0 Å². The third-order valence-corrected chi connectivity index (χ3v) is 1.51. The highest BCUT2D eigenvalue weighted by Gasteiger charge is 2.03. The highest BCUT2D eigenvalue weighted by atomic mass is 16.5. The molecular weight excluding hydrogens is 166 g/mol. The van der Waals surface area contributed by atoms with Crippen molar-refractivity contribution >= 4 is 0 Å². The largest absolute Gasteiger partial charge is 0.491 e. The zero-order valence-corrected chi connectivity index (χ0v) is 7.18. The number of aliphatic hydroxyl groups is 1. The highest BCUT2D eigenvalue weighted by molar-refractivity contribution is 5.20. The molecule has 0 aromatic heterocycles. The van der Waals surface area contributed by atoms with Crippen molar-refractivity contribution in [2.24, 2.45) is 0 Å². The molecule has 13 heavy (non-hydrogen) atoms. The average Bonchev–Trinajstić information content (AvgIpc) is 2.17. The van der Waals surface area contributed by atoms with Gasteiger partial charge in [-0.3, -0.25) is 0 Å². The van der Waals surface area contributed by atoms with Crippen molar-refractivity contribution in [3.05, 3.63) is 30.3 Å². The van der Waals surface area contributed by atoms with E-state index < -0.39 is 6.10 Å². The van der Waals surface area contributed by atoms with Crippen LogP contribution in [0.3, 0.4) is 0 Å². The lowest BCUT2D eigenvalue weighted by atomic mass is 10.3. The number of nitriles is 1. The quantitative estimate of drug-likeness (QED) is 0.755. The van der Waals surface area contributed by atoms with Crippen molar-refractivity contribution in [1.82, 2.24) is 0 Å². The molecule has 68 valence electrons. The van der Waals surface area contributed by atoms with Crippen LogP contribution in [0.2, 0.25) is 0 Å². The standard InChI is InChI=1S/C10H11NO2/c11-7-6-9(12)8-13-10-4-2-1-3-5-10/h1-5,9,12H,6,8H2/t9-/m0/s1. The van der Waals surface area contributed by atoms with Crippen molar-refractivity contribution in [3.63, 3.8) is 0 Å². The number of rotatable bonds is 4. The molecule has 3 nitrogen and oxygen atoms in total. The Morgan fingerprint density at radius 1 is 1.38 bits per heavy atom. The summed E-state index contributed by atoms with van der Waals surface area (Å²) in [6.45, 7) is 0.164. The Kier molecular flexibility index (Phi) is 3.80. The minimum absolute atomic E-state index is 0.104. The molecule has 3 heteroatoms. The number of para-hydroxylation sites is 1. The molecule has 0 aliphatic rings. The zero-order chi connectivity index (χ0) is 9.52. The highest BCUT2D eigenvalue weighted by Crippen LogP contribution is 2.08. The predicted molar refractivity (Wildman–Crippen MR) is 48.2 cm³/mol. The first-order valence-corrected chi connectivity index (χ1v) is 4.06. The maximum absolute atomic E-state index is 9.16. The van der Waals surface area contributed by atoms with Gasteiger partial charge in [0.1, 0.15) is 18.5 Å². The van der Waals surface area contributed by atoms with E-state index in [1.165, 1.54) is 0 Å². The summed E-state index contributed by atoms with van der Waals surface area (Å²) in [5.41, 5.74) is 0. The maximum Gasteiger partial charge on any atom is 0.119 e. The molecule has 1 aromatic rings. The van der Waals surface area contributed by atoms with Crippen molar-refractivity contribution < 1.29 is 9.84 Å². The topological polar surface area (TPSA) is 53.2 Å². The Morgan fingerprint density at radius 3 is 2.69 bits per heavy atom. The molecule has 0 heterocycles. The number of ether oxygens (including phenoxy) is 1. The van der Waals surface area contributed by atoms with Crippen molar-refractivity contribution in [1.29, 1.82) is 5.26 Å². The molecule has 0 fully saturated rings. The van der Waals surface area contributed by atoms with Crippen molar-refractivity contribution in [2.75, 3.05) is 6.61 Å². The van der Waals surface area contributed by atoms with Crippen LogP contribution in [0.4, 0.5) is 0 Å². The van der Waals surface area contributed by atoms with Crippen LogP contribution in [0, 0.1) is 11.3 Å². The monoisotopic (exact) mass is 177 g/mol. The van der Waals surface area contributed by atoms with Gasteiger partial charge in [0.15, 0.2) is 0 Å². The molecule has 0 aliphatic heterocycles. The third kappa shape index (κ3) is 3.59.